The Hall–Kier alpha value is -9.78. The van der Waals surface area contributed by atoms with Gasteiger partial charge >= 0.3 is 18.1 Å². The fourth-order valence-electron chi connectivity index (χ4n) is 14.5. The van der Waals surface area contributed by atoms with Gasteiger partial charge in [-0.25, -0.2) is 19.8 Å². The maximum Gasteiger partial charge on any atom is 0.410 e. The number of anilines is 1. The average molecular weight is 1720 g/mol. The maximum absolute atomic E-state index is 14.7. The number of fused-ring (bicyclic) bond motifs is 1. The molecule has 2 fully saturated rings. The number of nitrogens with zero attached hydrogens (tertiary/aromatic N) is 4. The van der Waals surface area contributed by atoms with Crippen molar-refractivity contribution in [3.63, 3.8) is 0 Å². The van der Waals surface area contributed by atoms with Crippen molar-refractivity contribution in [2.45, 2.75) is 238 Å². The molecular formula is C84H125N13O21S2. The highest BCUT2D eigenvalue weighted by Gasteiger charge is 2.60. The highest BCUT2D eigenvalue weighted by atomic mass is 33.1. The van der Waals surface area contributed by atoms with Gasteiger partial charge in [0, 0.05) is 102 Å². The fourth-order valence-corrected chi connectivity index (χ4v) is 17.0. The van der Waals surface area contributed by atoms with Crippen molar-refractivity contribution in [3.05, 3.63) is 83.4 Å². The van der Waals surface area contributed by atoms with Crippen LogP contribution in [0.1, 0.15) is 196 Å². The van der Waals surface area contributed by atoms with Gasteiger partial charge in [-0.15, -0.1) is 5.06 Å². The molecule has 0 spiro atoms. The number of nitrogens with two attached hydrogens (primary N) is 1. The summed E-state index contributed by atoms with van der Waals surface area (Å²) in [6, 6.07) is 12.1. The molecule has 3 aromatic carbocycles. The fraction of sp³-hybridized carbons (Fsp3) is 0.619. The Kier molecular flexibility index (Phi) is 39.1. The summed E-state index contributed by atoms with van der Waals surface area (Å²) in [4.78, 5) is 180. The molecule has 12 N–H and O–H groups in total. The Morgan fingerprint density at radius 3 is 2.04 bits per heavy atom. The molecule has 0 aromatic heterocycles. The van der Waals surface area contributed by atoms with Gasteiger partial charge in [-0.2, -0.15) is 5.10 Å². The van der Waals surface area contributed by atoms with Gasteiger partial charge in [-0.3, -0.25) is 52.8 Å². The number of carbonyl (C=O) groups excluding carboxylic acids is 13. The number of ether oxygens (including phenoxy) is 5. The van der Waals surface area contributed by atoms with E-state index >= 15 is 0 Å². The molecular weight excluding hydrogens is 1590 g/mol. The van der Waals surface area contributed by atoms with Crippen LogP contribution in [0.15, 0.2) is 71.8 Å². The van der Waals surface area contributed by atoms with Gasteiger partial charge in [0.1, 0.15) is 48.0 Å². The van der Waals surface area contributed by atoms with Crippen LogP contribution in [0.5, 0.6) is 17.2 Å². The maximum atomic E-state index is 14.7. The molecule has 0 radical (unpaired) electrons. The number of urea groups is 1. The molecule has 1 aliphatic carbocycles. The van der Waals surface area contributed by atoms with Crippen LogP contribution in [-0.4, -0.2) is 221 Å². The number of benzene rings is 3. The number of methoxy groups -OCH3 is 2. The lowest BCUT2D eigenvalue weighted by Gasteiger charge is -2.40. The van der Waals surface area contributed by atoms with E-state index in [1.54, 1.807) is 97.9 Å². The number of imide groups is 1. The summed E-state index contributed by atoms with van der Waals surface area (Å²) in [5.74, 6) is -6.87. The Bertz CT molecular complexity index is 4030. The number of phenols is 1. The summed E-state index contributed by atoms with van der Waals surface area (Å²) in [5.41, 5.74) is 9.35. The van der Waals surface area contributed by atoms with Crippen LogP contribution >= 0.6 is 21.6 Å². The SMILES string of the molecule is CC[C@H](C)[C@@H]([C@@H](CC(=O)NCCC[C@@H]1C[C@@]1(OC)[C@@H](C)C(=O)N[C@H](C)[C@@H](O)c1ccccc1)OC)N(C)C(=O)[C@@H](NC(=O)[C@H](C(C)C)N(C)C(=O)OCc1ccc(NC(=O)[C@H](CCCNC(N)=O)NC(=O)[C@@H](NC(=O)CCSSC(C)(C)CC(=O)N/N=C2\CCOc3cc(OCCCC(=O)ON4C(=O)CCC4=O)cc(O)c32)C(C)C)cc1)C(C)C. The van der Waals surface area contributed by atoms with E-state index < -0.39 is 148 Å². The van der Waals surface area contributed by atoms with Crippen molar-refractivity contribution >= 4 is 110 Å². The predicted octanol–water partition coefficient (Wildman–Crippen LogP) is 7.60. The zero-order valence-corrected chi connectivity index (χ0v) is 73.5. The first-order chi connectivity index (χ1) is 56.8. The summed E-state index contributed by atoms with van der Waals surface area (Å²) >= 11 is 0. The molecule has 664 valence electrons. The van der Waals surface area contributed by atoms with Gasteiger partial charge < -0.3 is 86.6 Å². The molecule has 1 saturated heterocycles. The minimum absolute atomic E-state index is 0.00472. The molecule has 13 amide bonds. The first-order valence-electron chi connectivity index (χ1n) is 41.0. The van der Waals surface area contributed by atoms with E-state index in [-0.39, 0.29) is 137 Å². The molecule has 36 heteroatoms. The third-order valence-electron chi connectivity index (χ3n) is 21.5. The molecule has 0 unspecified atom stereocenters. The van der Waals surface area contributed by atoms with Gasteiger partial charge in [0.15, 0.2) is 0 Å². The van der Waals surface area contributed by atoms with Gasteiger partial charge in [0.05, 0.1) is 73.1 Å². The van der Waals surface area contributed by atoms with E-state index in [1.807, 2.05) is 65.0 Å². The number of hydrogen-bond acceptors (Lipinski definition) is 24. The number of aromatic hydroxyl groups is 1. The topological polar surface area (TPSA) is 462 Å². The predicted molar refractivity (Wildman–Crippen MR) is 452 cm³/mol. The van der Waals surface area contributed by atoms with E-state index in [0.717, 1.165) is 0 Å². The molecule has 34 nitrogen and oxygen atoms in total. The molecule has 6 rings (SSSR count). The van der Waals surface area contributed by atoms with Crippen molar-refractivity contribution in [2.24, 2.45) is 46.3 Å². The molecule has 3 aliphatic rings. The number of primary amides is 1. The highest BCUT2D eigenvalue weighted by Crippen LogP contribution is 2.54. The minimum atomic E-state index is -1.16. The zero-order valence-electron chi connectivity index (χ0n) is 71.9. The Morgan fingerprint density at radius 2 is 1.42 bits per heavy atom. The average Bonchev–Trinajstić information content (AvgIpc) is 1.58. The number of likely N-dealkylation sites (N-methyl/N-ethyl adjacent to an activating group) is 2. The van der Waals surface area contributed by atoms with Crippen LogP contribution in [-0.2, 0) is 78.4 Å². The van der Waals surface area contributed by atoms with Crippen LogP contribution in [0.4, 0.5) is 15.3 Å². The monoisotopic (exact) mass is 1720 g/mol. The zero-order chi connectivity index (χ0) is 88.9. The molecule has 2 aliphatic heterocycles. The van der Waals surface area contributed by atoms with Crippen molar-refractivity contribution in [3.8, 4) is 17.2 Å². The summed E-state index contributed by atoms with van der Waals surface area (Å²) in [7, 11) is 8.87. The summed E-state index contributed by atoms with van der Waals surface area (Å²) < 4.78 is 28.5. The van der Waals surface area contributed by atoms with Gasteiger partial charge in [-0.05, 0) is 112 Å². The molecule has 0 bridgehead atoms. The van der Waals surface area contributed by atoms with E-state index in [9.17, 15) is 72.5 Å². The molecule has 120 heavy (non-hydrogen) atoms. The summed E-state index contributed by atoms with van der Waals surface area (Å²) in [5, 5.41) is 46.4. The number of hydrogen-bond donors (Lipinski definition) is 11. The number of aliphatic hydroxyl groups excluding tert-OH is 1. The van der Waals surface area contributed by atoms with Crippen LogP contribution in [0.2, 0.25) is 0 Å². The Balaban J connectivity index is 0.945. The van der Waals surface area contributed by atoms with Crippen molar-refractivity contribution < 1.29 is 101 Å². The van der Waals surface area contributed by atoms with Gasteiger partial charge in [-0.1, -0.05) is 133 Å². The number of amides is 13. The number of aliphatic hydroxyl groups is 1. The highest BCUT2D eigenvalue weighted by molar-refractivity contribution is 8.77. The van der Waals surface area contributed by atoms with Crippen LogP contribution in [0, 0.1) is 35.5 Å². The van der Waals surface area contributed by atoms with Crippen LogP contribution < -0.4 is 57.9 Å². The second kappa shape index (κ2) is 47.4. The van der Waals surface area contributed by atoms with Crippen LogP contribution in [0.25, 0.3) is 0 Å². The first-order valence-corrected chi connectivity index (χ1v) is 43.3. The lowest BCUT2D eigenvalue weighted by atomic mass is 9.89. The number of hydrazone groups is 1. The van der Waals surface area contributed by atoms with Crippen molar-refractivity contribution in [1.29, 1.82) is 0 Å². The summed E-state index contributed by atoms with van der Waals surface area (Å²) in [6.07, 6.45) is 0.631. The first kappa shape index (κ1) is 99.0. The number of carbonyl (C=O) groups is 13. The smallest absolute Gasteiger partial charge is 0.410 e. The van der Waals surface area contributed by atoms with Crippen molar-refractivity contribution in [1.82, 2.24) is 52.2 Å². The van der Waals surface area contributed by atoms with Gasteiger partial charge in [0.25, 0.3) is 11.8 Å². The van der Waals surface area contributed by atoms with E-state index in [2.05, 4.69) is 47.7 Å². The minimum Gasteiger partial charge on any atom is -0.507 e. The van der Waals surface area contributed by atoms with Crippen LogP contribution in [0.3, 0.4) is 0 Å². The van der Waals surface area contributed by atoms with Crippen molar-refractivity contribution in [2.75, 3.05) is 65.7 Å². The molecule has 2 heterocycles. The standard InChI is InChI=1S/C84H125N13O21S2/c1-17-51(8)74(63(113-15)44-65(100)86-37-21-26-56-45-84(56,114-16)52(9)76(106)88-53(10)75(105)55-24-19-18-20-25-55)95(13)80(110)72(49(4)5)92-79(109)73(50(6)7)96(14)82(112)117-47-54-29-31-57(32-30-54)89-77(107)60(27-22-38-87-81(85)111)90-78(108)71(48(2)3)91-64(99)36-41-119-120-83(11,12)46-66(101)94-93-59-35-40-116-62-43-58(42-61(98)70(59)62)115-39-23-28-69(104)118-97-67(102)33-34-68(97)103/h18-20,24-25,29-32,42-43,48-53,56,60,63,71-75,98,105H,17,21-23,26-28,33-41,44-47H2,1-16H3,(H,86,100)(H,88,106)(H,89,107)(H,90,108)(H,91,99)(H,92,109)(H,94,101)(H3,85,87,111)/b93-59+/t51-,52-,53+,56+,60-,63+,71-,72-,73-,74-,75+,84+/m0/s1. The number of hydroxylamine groups is 2. The number of rotatable bonds is 49. The van der Waals surface area contributed by atoms with E-state index in [0.29, 0.717) is 65.6 Å². The molecule has 12 atom stereocenters. The third-order valence-corrected chi connectivity index (χ3v) is 24.8. The number of nitrogens with one attached hydrogen (secondary N) is 8. The second-order valence-electron chi connectivity index (χ2n) is 32.4. The lowest BCUT2D eigenvalue weighted by Crippen LogP contribution is -2.60. The lowest BCUT2D eigenvalue weighted by molar-refractivity contribution is -0.197. The second-order valence-corrected chi connectivity index (χ2v) is 35.5. The molecule has 3 aromatic rings. The van der Waals surface area contributed by atoms with Gasteiger partial charge in [0.2, 0.25) is 47.3 Å². The normalized spacial score (nSPS) is 17.9. The quantitative estimate of drug-likeness (QED) is 0.0112. The van der Waals surface area contributed by atoms with E-state index in [1.165, 1.54) is 46.7 Å². The Morgan fingerprint density at radius 1 is 0.750 bits per heavy atom. The van der Waals surface area contributed by atoms with E-state index in [4.69, 9.17) is 34.3 Å². The number of phenolic OH excluding ortho intramolecular Hbond substituents is 1. The largest absolute Gasteiger partial charge is 0.507 e. The molecule has 1 saturated carbocycles. The summed E-state index contributed by atoms with van der Waals surface area (Å²) in [6.45, 7) is 22.2. The Labute approximate surface area is 710 Å². The third kappa shape index (κ3) is 29.5.